The van der Waals surface area contributed by atoms with Crippen molar-refractivity contribution < 1.29 is 0 Å². The first-order valence-corrected chi connectivity index (χ1v) is 6.40. The third-order valence-electron chi connectivity index (χ3n) is 2.47. The average Bonchev–Trinajstić information content (AvgIpc) is 2.63. The molecule has 0 spiro atoms. The van der Waals surface area contributed by atoms with Gasteiger partial charge in [0, 0.05) is 13.1 Å². The lowest BCUT2D eigenvalue weighted by Gasteiger charge is -2.01. The third-order valence-corrected chi connectivity index (χ3v) is 3.59. The summed E-state index contributed by atoms with van der Waals surface area (Å²) in [6, 6.07) is 7.77. The molecule has 0 amide bonds. The van der Waals surface area contributed by atoms with Crippen LogP contribution < -0.4 is 10.9 Å². The Morgan fingerprint density at radius 3 is 2.88 bits per heavy atom. The maximum absolute atomic E-state index is 11.9. The highest BCUT2D eigenvalue weighted by Gasteiger charge is 2.05. The monoisotopic (exact) mass is 236 g/mol. The van der Waals surface area contributed by atoms with Crippen LogP contribution in [-0.2, 0) is 6.54 Å². The molecule has 0 bridgehead atoms. The molecule has 2 rings (SSSR count). The number of benzene rings is 1. The maximum Gasteiger partial charge on any atom is 0.268 e. The Hall–Kier alpha value is -1.13. The molecule has 2 aromatic rings. The number of aromatic nitrogens is 1. The van der Waals surface area contributed by atoms with Gasteiger partial charge in [-0.05, 0) is 25.1 Å². The van der Waals surface area contributed by atoms with Crippen LogP contribution in [0.25, 0.3) is 10.1 Å². The van der Waals surface area contributed by atoms with E-state index in [1.54, 1.807) is 11.5 Å². The van der Waals surface area contributed by atoms with Crippen LogP contribution >= 0.6 is 11.5 Å². The standard InChI is InChI=1S/C12H16N2OS/c1-2-7-13-8-9-14-12(15)10-5-3-4-6-11(10)16-14/h3-6,13H,2,7-9H2,1H3. The van der Waals surface area contributed by atoms with Crippen LogP contribution in [0.1, 0.15) is 13.3 Å². The Bertz CT molecular complexity index is 515. The van der Waals surface area contributed by atoms with Gasteiger partial charge in [0.05, 0.1) is 10.1 Å². The van der Waals surface area contributed by atoms with E-state index in [1.165, 1.54) is 0 Å². The number of fused-ring (bicyclic) bond motifs is 1. The first-order chi connectivity index (χ1) is 7.83. The molecule has 0 unspecified atom stereocenters. The van der Waals surface area contributed by atoms with Gasteiger partial charge in [-0.1, -0.05) is 30.6 Å². The predicted octanol–water partition coefficient (Wildman–Crippen LogP) is 2.06. The molecule has 1 aromatic heterocycles. The number of hydrogen-bond acceptors (Lipinski definition) is 3. The van der Waals surface area contributed by atoms with Gasteiger partial charge in [0.2, 0.25) is 0 Å². The van der Waals surface area contributed by atoms with Crippen LogP contribution in [0.5, 0.6) is 0 Å². The molecular weight excluding hydrogens is 220 g/mol. The summed E-state index contributed by atoms with van der Waals surface area (Å²) in [5.74, 6) is 0. The lowest BCUT2D eigenvalue weighted by atomic mass is 10.3. The summed E-state index contributed by atoms with van der Waals surface area (Å²) in [6.45, 7) is 4.77. The quantitative estimate of drug-likeness (QED) is 0.806. The fourth-order valence-electron chi connectivity index (χ4n) is 1.65. The molecule has 0 saturated heterocycles. The van der Waals surface area contributed by atoms with E-state index >= 15 is 0 Å². The van der Waals surface area contributed by atoms with E-state index in [4.69, 9.17) is 0 Å². The number of rotatable bonds is 5. The van der Waals surface area contributed by atoms with Gasteiger partial charge in [-0.2, -0.15) is 0 Å². The van der Waals surface area contributed by atoms with Gasteiger partial charge in [0.25, 0.3) is 5.56 Å². The van der Waals surface area contributed by atoms with E-state index in [0.717, 1.165) is 36.1 Å². The predicted molar refractivity (Wildman–Crippen MR) is 69.2 cm³/mol. The van der Waals surface area contributed by atoms with Crippen molar-refractivity contribution in [3.05, 3.63) is 34.6 Å². The van der Waals surface area contributed by atoms with Gasteiger partial charge in [-0.25, -0.2) is 0 Å². The summed E-state index contributed by atoms with van der Waals surface area (Å²) < 4.78 is 2.90. The molecular formula is C12H16N2OS. The number of nitrogens with one attached hydrogen (secondary N) is 1. The van der Waals surface area contributed by atoms with E-state index in [0.29, 0.717) is 0 Å². The Balaban J connectivity index is 2.13. The molecule has 86 valence electrons. The second kappa shape index (κ2) is 5.27. The normalized spacial score (nSPS) is 11.1. The van der Waals surface area contributed by atoms with Crippen molar-refractivity contribution in [3.63, 3.8) is 0 Å². The molecule has 0 fully saturated rings. The fraction of sp³-hybridized carbons (Fsp3) is 0.417. The molecule has 1 aromatic carbocycles. The topological polar surface area (TPSA) is 34.0 Å². The number of hydrogen-bond donors (Lipinski definition) is 1. The molecule has 0 aliphatic rings. The molecule has 1 heterocycles. The van der Waals surface area contributed by atoms with Crippen molar-refractivity contribution in [2.24, 2.45) is 0 Å². The zero-order valence-corrected chi connectivity index (χ0v) is 10.2. The smallest absolute Gasteiger partial charge is 0.268 e. The van der Waals surface area contributed by atoms with E-state index in [1.807, 2.05) is 28.2 Å². The Morgan fingerprint density at radius 2 is 2.12 bits per heavy atom. The van der Waals surface area contributed by atoms with Gasteiger partial charge in [-0.3, -0.25) is 8.75 Å². The highest BCUT2D eigenvalue weighted by atomic mass is 32.1. The summed E-state index contributed by atoms with van der Waals surface area (Å²) in [4.78, 5) is 11.9. The van der Waals surface area contributed by atoms with E-state index in [-0.39, 0.29) is 5.56 Å². The van der Waals surface area contributed by atoms with Crippen molar-refractivity contribution in [2.75, 3.05) is 13.1 Å². The molecule has 0 radical (unpaired) electrons. The van der Waals surface area contributed by atoms with E-state index in [2.05, 4.69) is 12.2 Å². The van der Waals surface area contributed by atoms with Crippen molar-refractivity contribution >= 4 is 21.6 Å². The van der Waals surface area contributed by atoms with Gasteiger partial charge in [0.15, 0.2) is 0 Å². The fourth-order valence-corrected chi connectivity index (χ4v) is 2.64. The molecule has 0 atom stereocenters. The van der Waals surface area contributed by atoms with E-state index in [9.17, 15) is 4.79 Å². The molecule has 1 N–H and O–H groups in total. The van der Waals surface area contributed by atoms with Crippen LogP contribution in [0, 0.1) is 0 Å². The van der Waals surface area contributed by atoms with Crippen molar-refractivity contribution in [3.8, 4) is 0 Å². The van der Waals surface area contributed by atoms with Gasteiger partial charge in [-0.15, -0.1) is 0 Å². The summed E-state index contributed by atoms with van der Waals surface area (Å²) in [5.41, 5.74) is 0.138. The highest BCUT2D eigenvalue weighted by molar-refractivity contribution is 7.13. The molecule has 3 nitrogen and oxygen atoms in total. The Kier molecular flexibility index (Phi) is 3.74. The van der Waals surface area contributed by atoms with Crippen LogP contribution in [-0.4, -0.2) is 17.0 Å². The zero-order valence-electron chi connectivity index (χ0n) is 9.40. The minimum atomic E-state index is 0.138. The molecule has 4 heteroatoms. The lowest BCUT2D eigenvalue weighted by molar-refractivity contribution is 0.610. The second-order valence-corrected chi connectivity index (χ2v) is 4.81. The molecule has 0 aliphatic carbocycles. The van der Waals surface area contributed by atoms with Crippen LogP contribution in [0.15, 0.2) is 29.1 Å². The zero-order chi connectivity index (χ0) is 11.4. The minimum Gasteiger partial charge on any atom is -0.315 e. The Labute approximate surface area is 98.9 Å². The van der Waals surface area contributed by atoms with Crippen LogP contribution in [0.3, 0.4) is 0 Å². The summed E-state index contributed by atoms with van der Waals surface area (Å²) in [5, 5.41) is 4.14. The average molecular weight is 236 g/mol. The molecule has 0 aliphatic heterocycles. The second-order valence-electron chi connectivity index (χ2n) is 3.74. The van der Waals surface area contributed by atoms with Gasteiger partial charge >= 0.3 is 0 Å². The molecule has 16 heavy (non-hydrogen) atoms. The highest BCUT2D eigenvalue weighted by Crippen LogP contribution is 2.15. The van der Waals surface area contributed by atoms with Gasteiger partial charge in [0.1, 0.15) is 0 Å². The molecule has 0 saturated carbocycles. The van der Waals surface area contributed by atoms with E-state index < -0.39 is 0 Å². The van der Waals surface area contributed by atoms with Crippen molar-refractivity contribution in [1.82, 2.24) is 9.27 Å². The summed E-state index contributed by atoms with van der Waals surface area (Å²) in [6.07, 6.45) is 1.13. The van der Waals surface area contributed by atoms with Crippen LogP contribution in [0.4, 0.5) is 0 Å². The van der Waals surface area contributed by atoms with Gasteiger partial charge < -0.3 is 5.32 Å². The maximum atomic E-state index is 11.9. The SMILES string of the molecule is CCCNCCn1sc2ccccc2c1=O. The number of nitrogens with zero attached hydrogens (tertiary/aromatic N) is 1. The van der Waals surface area contributed by atoms with Crippen molar-refractivity contribution in [1.29, 1.82) is 0 Å². The summed E-state index contributed by atoms with van der Waals surface area (Å²) in [7, 11) is 0. The minimum absolute atomic E-state index is 0.138. The first-order valence-electron chi connectivity index (χ1n) is 5.62. The summed E-state index contributed by atoms with van der Waals surface area (Å²) >= 11 is 1.55. The largest absolute Gasteiger partial charge is 0.315 e. The van der Waals surface area contributed by atoms with Crippen molar-refractivity contribution in [2.45, 2.75) is 19.9 Å². The third kappa shape index (κ3) is 2.33. The first kappa shape index (κ1) is 11.4. The lowest BCUT2D eigenvalue weighted by Crippen LogP contribution is -2.24. The van der Waals surface area contributed by atoms with Crippen LogP contribution in [0.2, 0.25) is 0 Å². The Morgan fingerprint density at radius 1 is 1.31 bits per heavy atom.